The molecule has 0 aliphatic rings. The van der Waals surface area contributed by atoms with Gasteiger partial charge in [-0.25, -0.2) is 0 Å². The molecule has 2 N–H and O–H groups in total. The Hall–Kier alpha value is -1.16. The van der Waals surface area contributed by atoms with Crippen molar-refractivity contribution in [2.24, 2.45) is 5.73 Å². The molecular formula is C14H25N3O. The van der Waals surface area contributed by atoms with Crippen molar-refractivity contribution >= 4 is 5.78 Å². The minimum atomic E-state index is 0.317. The van der Waals surface area contributed by atoms with Crippen LogP contribution in [0.4, 0.5) is 0 Å². The number of carbonyl (C=O) groups excluding carboxylic acids is 1. The van der Waals surface area contributed by atoms with Gasteiger partial charge in [0.2, 0.25) is 0 Å². The zero-order chi connectivity index (χ0) is 13.4. The maximum atomic E-state index is 11.9. The van der Waals surface area contributed by atoms with E-state index in [-0.39, 0.29) is 0 Å². The van der Waals surface area contributed by atoms with Crippen molar-refractivity contribution in [2.45, 2.75) is 58.9 Å². The molecule has 1 rings (SSSR count). The summed E-state index contributed by atoms with van der Waals surface area (Å²) in [6, 6.07) is 2.01. The van der Waals surface area contributed by atoms with Gasteiger partial charge in [0.1, 0.15) is 5.78 Å². The predicted molar refractivity (Wildman–Crippen MR) is 73.5 cm³/mol. The van der Waals surface area contributed by atoms with Crippen molar-refractivity contribution in [1.29, 1.82) is 0 Å². The van der Waals surface area contributed by atoms with Crippen LogP contribution in [0.2, 0.25) is 0 Å². The van der Waals surface area contributed by atoms with E-state index in [1.807, 2.05) is 24.6 Å². The molecule has 102 valence electrons. The summed E-state index contributed by atoms with van der Waals surface area (Å²) in [5.41, 5.74) is 7.46. The molecule has 0 aliphatic carbocycles. The molecule has 0 aromatic carbocycles. The quantitative estimate of drug-likeness (QED) is 0.685. The Bertz CT molecular complexity index is 371. The Morgan fingerprint density at radius 2 is 2.06 bits per heavy atom. The Morgan fingerprint density at radius 1 is 1.33 bits per heavy atom. The summed E-state index contributed by atoms with van der Waals surface area (Å²) in [5, 5.41) is 4.35. The molecule has 1 aromatic rings. The summed E-state index contributed by atoms with van der Waals surface area (Å²) in [6.07, 6.45) is 5.49. The molecule has 0 saturated heterocycles. The van der Waals surface area contributed by atoms with Crippen LogP contribution >= 0.6 is 0 Å². The molecule has 0 amide bonds. The zero-order valence-electron chi connectivity index (χ0n) is 11.6. The monoisotopic (exact) mass is 251 g/mol. The molecule has 4 heteroatoms. The number of Topliss-reactive ketones (excluding diaryl/α,β-unsaturated/α-hetero) is 1. The lowest BCUT2D eigenvalue weighted by atomic mass is 10.1. The SMILES string of the molecule is CCn1nc(C)cc1CC(=O)CCCCCCN. The van der Waals surface area contributed by atoms with Gasteiger partial charge in [0.15, 0.2) is 0 Å². The first-order valence-electron chi connectivity index (χ1n) is 6.92. The van der Waals surface area contributed by atoms with Crippen molar-refractivity contribution in [2.75, 3.05) is 6.54 Å². The molecule has 0 atom stereocenters. The molecule has 4 nitrogen and oxygen atoms in total. The number of rotatable bonds is 9. The Balaban J connectivity index is 2.31. The lowest BCUT2D eigenvalue weighted by molar-refractivity contribution is -0.118. The van der Waals surface area contributed by atoms with E-state index in [2.05, 4.69) is 5.10 Å². The molecule has 0 radical (unpaired) electrons. The molecule has 1 aromatic heterocycles. The molecule has 0 unspecified atom stereocenters. The van der Waals surface area contributed by atoms with Crippen LogP contribution in [0.15, 0.2) is 6.07 Å². The highest BCUT2D eigenvalue weighted by Gasteiger charge is 2.09. The van der Waals surface area contributed by atoms with Gasteiger partial charge in [0.05, 0.1) is 5.69 Å². The van der Waals surface area contributed by atoms with E-state index in [4.69, 9.17) is 5.73 Å². The Kier molecular flexibility index (Phi) is 6.65. The van der Waals surface area contributed by atoms with Gasteiger partial charge in [-0.2, -0.15) is 5.10 Å². The van der Waals surface area contributed by atoms with E-state index in [1.165, 1.54) is 0 Å². The molecular weight excluding hydrogens is 226 g/mol. The lowest BCUT2D eigenvalue weighted by Crippen LogP contribution is -2.09. The fourth-order valence-corrected chi connectivity index (χ4v) is 2.13. The highest BCUT2D eigenvalue weighted by molar-refractivity contribution is 5.80. The molecule has 0 aliphatic heterocycles. The number of hydrogen-bond acceptors (Lipinski definition) is 3. The standard InChI is InChI=1S/C14H25N3O/c1-3-17-13(10-12(2)16-17)11-14(18)8-6-4-5-7-9-15/h10H,3-9,11,15H2,1-2H3. The van der Waals surface area contributed by atoms with Crippen LogP contribution in [-0.4, -0.2) is 22.1 Å². The van der Waals surface area contributed by atoms with Crippen molar-refractivity contribution in [3.8, 4) is 0 Å². The van der Waals surface area contributed by atoms with Crippen LogP contribution in [0, 0.1) is 6.92 Å². The second kappa shape index (κ2) is 8.03. The summed E-state index contributed by atoms with van der Waals surface area (Å²) in [5.74, 6) is 0.317. The van der Waals surface area contributed by atoms with Gasteiger partial charge in [0, 0.05) is 25.1 Å². The average Bonchev–Trinajstić information content (AvgIpc) is 2.69. The fourth-order valence-electron chi connectivity index (χ4n) is 2.13. The third-order valence-corrected chi connectivity index (χ3v) is 3.07. The molecule has 0 fully saturated rings. The minimum absolute atomic E-state index is 0.317. The van der Waals surface area contributed by atoms with E-state index >= 15 is 0 Å². The number of nitrogens with zero attached hydrogens (tertiary/aromatic N) is 2. The van der Waals surface area contributed by atoms with Crippen LogP contribution in [0.3, 0.4) is 0 Å². The maximum Gasteiger partial charge on any atom is 0.138 e. The summed E-state index contributed by atoms with van der Waals surface area (Å²) in [7, 11) is 0. The third-order valence-electron chi connectivity index (χ3n) is 3.07. The van der Waals surface area contributed by atoms with Crippen molar-refractivity contribution < 1.29 is 4.79 Å². The van der Waals surface area contributed by atoms with E-state index in [0.717, 1.165) is 50.2 Å². The summed E-state index contributed by atoms with van der Waals surface area (Å²) in [6.45, 7) is 5.59. The molecule has 0 bridgehead atoms. The Labute approximate surface area is 110 Å². The van der Waals surface area contributed by atoms with Gasteiger partial charge in [-0.15, -0.1) is 0 Å². The number of aryl methyl sites for hydroxylation is 2. The normalized spacial score (nSPS) is 10.8. The van der Waals surface area contributed by atoms with E-state index in [0.29, 0.717) is 18.6 Å². The Morgan fingerprint density at radius 3 is 2.72 bits per heavy atom. The number of nitrogens with two attached hydrogens (primary N) is 1. The summed E-state index contributed by atoms with van der Waals surface area (Å²) in [4.78, 5) is 11.9. The van der Waals surface area contributed by atoms with E-state index < -0.39 is 0 Å². The molecule has 18 heavy (non-hydrogen) atoms. The number of hydrogen-bond donors (Lipinski definition) is 1. The summed E-state index contributed by atoms with van der Waals surface area (Å²) >= 11 is 0. The van der Waals surface area contributed by atoms with Gasteiger partial charge >= 0.3 is 0 Å². The summed E-state index contributed by atoms with van der Waals surface area (Å²) < 4.78 is 1.92. The van der Waals surface area contributed by atoms with Crippen LogP contribution in [0.5, 0.6) is 0 Å². The number of carbonyl (C=O) groups is 1. The van der Waals surface area contributed by atoms with Crippen LogP contribution in [-0.2, 0) is 17.8 Å². The second-order valence-corrected chi connectivity index (χ2v) is 4.76. The molecule has 1 heterocycles. The van der Waals surface area contributed by atoms with Gasteiger partial charge in [-0.3, -0.25) is 9.48 Å². The first kappa shape index (κ1) is 14.9. The largest absolute Gasteiger partial charge is 0.330 e. The number of unbranched alkanes of at least 4 members (excludes halogenated alkanes) is 3. The van der Waals surface area contributed by atoms with E-state index in [9.17, 15) is 4.79 Å². The number of ketones is 1. The fraction of sp³-hybridized carbons (Fsp3) is 0.714. The smallest absolute Gasteiger partial charge is 0.138 e. The highest BCUT2D eigenvalue weighted by atomic mass is 16.1. The first-order valence-corrected chi connectivity index (χ1v) is 6.92. The molecule has 0 spiro atoms. The maximum absolute atomic E-state index is 11.9. The lowest BCUT2D eigenvalue weighted by Gasteiger charge is -2.04. The third kappa shape index (κ3) is 5.00. The van der Waals surface area contributed by atoms with Gasteiger partial charge in [-0.1, -0.05) is 12.8 Å². The van der Waals surface area contributed by atoms with Crippen molar-refractivity contribution in [3.63, 3.8) is 0 Å². The predicted octanol–water partition coefficient (Wildman–Crippen LogP) is 2.23. The molecule has 0 saturated carbocycles. The number of aromatic nitrogens is 2. The van der Waals surface area contributed by atoms with Gasteiger partial charge in [-0.05, 0) is 39.3 Å². The van der Waals surface area contributed by atoms with Gasteiger partial charge < -0.3 is 5.73 Å². The van der Waals surface area contributed by atoms with Crippen molar-refractivity contribution in [3.05, 3.63) is 17.5 Å². The van der Waals surface area contributed by atoms with Crippen LogP contribution < -0.4 is 5.73 Å². The minimum Gasteiger partial charge on any atom is -0.330 e. The van der Waals surface area contributed by atoms with Gasteiger partial charge in [0.25, 0.3) is 0 Å². The highest BCUT2D eigenvalue weighted by Crippen LogP contribution is 2.09. The topological polar surface area (TPSA) is 60.9 Å². The van der Waals surface area contributed by atoms with E-state index in [1.54, 1.807) is 0 Å². The first-order chi connectivity index (χ1) is 8.67. The van der Waals surface area contributed by atoms with Crippen molar-refractivity contribution in [1.82, 2.24) is 9.78 Å². The zero-order valence-corrected chi connectivity index (χ0v) is 11.6. The van der Waals surface area contributed by atoms with Crippen LogP contribution in [0.25, 0.3) is 0 Å². The second-order valence-electron chi connectivity index (χ2n) is 4.76. The van der Waals surface area contributed by atoms with Crippen LogP contribution in [0.1, 0.15) is 50.4 Å². The average molecular weight is 251 g/mol.